The summed E-state index contributed by atoms with van der Waals surface area (Å²) >= 11 is 0. The lowest BCUT2D eigenvalue weighted by molar-refractivity contribution is 0.0963. The number of hydrogen-bond acceptors (Lipinski definition) is 2. The van der Waals surface area contributed by atoms with Crippen LogP contribution in [0.15, 0.2) is 18.2 Å². The second kappa shape index (κ2) is 5.66. The van der Waals surface area contributed by atoms with Gasteiger partial charge in [0.25, 0.3) is 0 Å². The largest absolute Gasteiger partial charge is 0.385 e. The van der Waals surface area contributed by atoms with Crippen LogP contribution in [0.25, 0.3) is 0 Å². The molecule has 0 unspecified atom stereocenters. The monoisotopic (exact) mass is 206 g/mol. The Kier molecular flexibility index (Phi) is 4.50. The van der Waals surface area contributed by atoms with Crippen LogP contribution in [0.3, 0.4) is 0 Å². The molecule has 1 aromatic rings. The Hall–Kier alpha value is -1.15. The van der Waals surface area contributed by atoms with Gasteiger partial charge in [0.1, 0.15) is 0 Å². The molecule has 0 radical (unpaired) electrons. The van der Waals surface area contributed by atoms with Crippen molar-refractivity contribution in [2.75, 3.05) is 13.7 Å². The highest BCUT2D eigenvalue weighted by molar-refractivity contribution is 5.97. The molecule has 0 saturated carbocycles. The summed E-state index contributed by atoms with van der Waals surface area (Å²) < 4.78 is 4.93. The SMILES string of the molecule is COCCCC(=O)c1ccc(C)cc1C. The molecule has 0 aliphatic heterocycles. The van der Waals surface area contributed by atoms with Crippen molar-refractivity contribution in [1.29, 1.82) is 0 Å². The lowest BCUT2D eigenvalue weighted by atomic mass is 10.00. The fourth-order valence-electron chi connectivity index (χ4n) is 1.64. The van der Waals surface area contributed by atoms with Gasteiger partial charge >= 0.3 is 0 Å². The van der Waals surface area contributed by atoms with Gasteiger partial charge in [-0.2, -0.15) is 0 Å². The van der Waals surface area contributed by atoms with E-state index in [2.05, 4.69) is 0 Å². The number of ether oxygens (including phenoxy) is 1. The third-order valence-electron chi connectivity index (χ3n) is 2.43. The molecule has 1 aromatic carbocycles. The van der Waals surface area contributed by atoms with Crippen molar-refractivity contribution in [1.82, 2.24) is 0 Å². The maximum absolute atomic E-state index is 11.8. The van der Waals surface area contributed by atoms with E-state index >= 15 is 0 Å². The van der Waals surface area contributed by atoms with E-state index in [4.69, 9.17) is 4.74 Å². The molecule has 0 saturated heterocycles. The van der Waals surface area contributed by atoms with Gasteiger partial charge in [-0.15, -0.1) is 0 Å². The highest BCUT2D eigenvalue weighted by atomic mass is 16.5. The van der Waals surface area contributed by atoms with Crippen molar-refractivity contribution in [2.45, 2.75) is 26.7 Å². The predicted molar refractivity (Wildman–Crippen MR) is 61.4 cm³/mol. The zero-order valence-corrected chi connectivity index (χ0v) is 9.67. The smallest absolute Gasteiger partial charge is 0.163 e. The van der Waals surface area contributed by atoms with Crippen LogP contribution in [0.1, 0.15) is 34.3 Å². The number of ketones is 1. The Morgan fingerprint density at radius 3 is 2.67 bits per heavy atom. The zero-order valence-electron chi connectivity index (χ0n) is 9.67. The molecular weight excluding hydrogens is 188 g/mol. The topological polar surface area (TPSA) is 26.3 Å². The standard InChI is InChI=1S/C13H18O2/c1-10-6-7-12(11(2)9-10)13(14)5-4-8-15-3/h6-7,9H,4-5,8H2,1-3H3. The van der Waals surface area contributed by atoms with Crippen molar-refractivity contribution in [3.63, 3.8) is 0 Å². The molecule has 0 atom stereocenters. The number of carbonyl (C=O) groups is 1. The minimum absolute atomic E-state index is 0.213. The number of methoxy groups -OCH3 is 1. The predicted octanol–water partition coefficient (Wildman–Crippen LogP) is 2.91. The van der Waals surface area contributed by atoms with Gasteiger partial charge in [-0.05, 0) is 25.8 Å². The number of aryl methyl sites for hydroxylation is 2. The summed E-state index contributed by atoms with van der Waals surface area (Å²) in [7, 11) is 1.65. The van der Waals surface area contributed by atoms with Gasteiger partial charge in [0.2, 0.25) is 0 Å². The maximum atomic E-state index is 11.8. The van der Waals surface area contributed by atoms with E-state index in [-0.39, 0.29) is 5.78 Å². The van der Waals surface area contributed by atoms with Crippen LogP contribution < -0.4 is 0 Å². The van der Waals surface area contributed by atoms with E-state index in [1.54, 1.807) is 7.11 Å². The first-order valence-electron chi connectivity index (χ1n) is 5.24. The van der Waals surface area contributed by atoms with Crippen molar-refractivity contribution in [2.24, 2.45) is 0 Å². The van der Waals surface area contributed by atoms with E-state index in [0.717, 1.165) is 17.5 Å². The first-order valence-corrected chi connectivity index (χ1v) is 5.24. The third-order valence-corrected chi connectivity index (χ3v) is 2.43. The first-order chi connectivity index (χ1) is 7.15. The van der Waals surface area contributed by atoms with Crippen LogP contribution in [-0.2, 0) is 4.74 Å². The van der Waals surface area contributed by atoms with Crippen molar-refractivity contribution in [3.8, 4) is 0 Å². The number of rotatable bonds is 5. The first kappa shape index (κ1) is 11.9. The van der Waals surface area contributed by atoms with Crippen LogP contribution in [0.4, 0.5) is 0 Å². The van der Waals surface area contributed by atoms with Gasteiger partial charge in [-0.1, -0.05) is 23.8 Å². The lowest BCUT2D eigenvalue weighted by Gasteiger charge is -2.05. The molecule has 0 fully saturated rings. The number of hydrogen-bond donors (Lipinski definition) is 0. The highest BCUT2D eigenvalue weighted by Crippen LogP contribution is 2.13. The van der Waals surface area contributed by atoms with Crippen LogP contribution in [-0.4, -0.2) is 19.5 Å². The molecule has 0 spiro atoms. The second-order valence-electron chi connectivity index (χ2n) is 3.84. The summed E-state index contributed by atoms with van der Waals surface area (Å²) in [5.74, 6) is 0.213. The fourth-order valence-corrected chi connectivity index (χ4v) is 1.64. The Morgan fingerprint density at radius 1 is 1.33 bits per heavy atom. The number of carbonyl (C=O) groups excluding carboxylic acids is 1. The molecule has 1 rings (SSSR count). The Balaban J connectivity index is 2.65. The van der Waals surface area contributed by atoms with Crippen molar-refractivity contribution < 1.29 is 9.53 Å². The normalized spacial score (nSPS) is 10.3. The van der Waals surface area contributed by atoms with Crippen molar-refractivity contribution in [3.05, 3.63) is 34.9 Å². The number of benzene rings is 1. The third kappa shape index (κ3) is 3.48. The van der Waals surface area contributed by atoms with Crippen LogP contribution in [0.5, 0.6) is 0 Å². The minimum atomic E-state index is 0.213. The van der Waals surface area contributed by atoms with Crippen LogP contribution in [0, 0.1) is 13.8 Å². The summed E-state index contributed by atoms with van der Waals surface area (Å²) in [5, 5.41) is 0. The number of Topliss-reactive ketones (excluding diaryl/α,β-unsaturated/α-hetero) is 1. The average molecular weight is 206 g/mol. The Morgan fingerprint density at radius 2 is 2.07 bits per heavy atom. The summed E-state index contributed by atoms with van der Waals surface area (Å²) in [5.41, 5.74) is 3.11. The minimum Gasteiger partial charge on any atom is -0.385 e. The molecule has 0 heterocycles. The molecule has 0 bridgehead atoms. The van der Waals surface area contributed by atoms with E-state index in [1.807, 2.05) is 32.0 Å². The molecule has 0 amide bonds. The molecule has 2 nitrogen and oxygen atoms in total. The van der Waals surface area contributed by atoms with Crippen molar-refractivity contribution >= 4 is 5.78 Å². The van der Waals surface area contributed by atoms with E-state index in [0.29, 0.717) is 13.0 Å². The second-order valence-corrected chi connectivity index (χ2v) is 3.84. The molecule has 2 heteroatoms. The summed E-state index contributed by atoms with van der Waals surface area (Å²) in [6, 6.07) is 5.94. The van der Waals surface area contributed by atoms with E-state index in [9.17, 15) is 4.79 Å². The van der Waals surface area contributed by atoms with Gasteiger partial charge in [0.05, 0.1) is 0 Å². The molecular formula is C13H18O2. The highest BCUT2D eigenvalue weighted by Gasteiger charge is 2.08. The van der Waals surface area contributed by atoms with Gasteiger partial charge < -0.3 is 4.74 Å². The lowest BCUT2D eigenvalue weighted by Crippen LogP contribution is -2.03. The van der Waals surface area contributed by atoms with Gasteiger partial charge in [-0.25, -0.2) is 0 Å². The average Bonchev–Trinajstić information content (AvgIpc) is 2.17. The molecule has 82 valence electrons. The molecule has 0 aliphatic carbocycles. The summed E-state index contributed by atoms with van der Waals surface area (Å²) in [6.45, 7) is 4.67. The molecule has 15 heavy (non-hydrogen) atoms. The fraction of sp³-hybridized carbons (Fsp3) is 0.462. The maximum Gasteiger partial charge on any atom is 0.163 e. The Labute approximate surface area is 91.3 Å². The molecule has 0 aromatic heterocycles. The summed E-state index contributed by atoms with van der Waals surface area (Å²) in [6.07, 6.45) is 1.36. The van der Waals surface area contributed by atoms with Gasteiger partial charge in [-0.3, -0.25) is 4.79 Å². The quantitative estimate of drug-likeness (QED) is 0.547. The molecule has 0 aliphatic rings. The van der Waals surface area contributed by atoms with Gasteiger partial charge in [0.15, 0.2) is 5.78 Å². The molecule has 0 N–H and O–H groups in total. The van der Waals surface area contributed by atoms with Crippen LogP contribution in [0.2, 0.25) is 0 Å². The van der Waals surface area contributed by atoms with Gasteiger partial charge in [0, 0.05) is 25.7 Å². The van der Waals surface area contributed by atoms with Crippen LogP contribution >= 0.6 is 0 Å². The van der Waals surface area contributed by atoms with E-state index < -0.39 is 0 Å². The van der Waals surface area contributed by atoms with E-state index in [1.165, 1.54) is 5.56 Å². The zero-order chi connectivity index (χ0) is 11.3. The Bertz CT molecular complexity index is 342. The summed E-state index contributed by atoms with van der Waals surface area (Å²) in [4.78, 5) is 11.8.